The number of ether oxygens (including phenoxy) is 1. The molecule has 0 aliphatic carbocycles. The van der Waals surface area contributed by atoms with Crippen molar-refractivity contribution in [3.63, 3.8) is 0 Å². The maximum atomic E-state index is 5.66. The molecule has 1 fully saturated rings. The number of aromatic nitrogens is 2. The third-order valence-electron chi connectivity index (χ3n) is 5.04. The maximum Gasteiger partial charge on any atom is 0.227 e. The van der Waals surface area contributed by atoms with E-state index in [4.69, 9.17) is 9.26 Å². The fraction of sp³-hybridized carbons (Fsp3) is 0.875. The molecule has 1 saturated heterocycles. The van der Waals surface area contributed by atoms with Crippen LogP contribution in [0.2, 0.25) is 0 Å². The Hall–Kier alpha value is -0.940. The smallest absolute Gasteiger partial charge is 0.227 e. The summed E-state index contributed by atoms with van der Waals surface area (Å²) in [5.41, 5.74) is -0.405. The number of piperidine rings is 1. The van der Waals surface area contributed by atoms with E-state index in [0.717, 1.165) is 38.2 Å². The number of methoxy groups -OCH3 is 1. The lowest BCUT2D eigenvalue weighted by atomic mass is 9.85. The standard InChI is InChI=1S/C16H29N3O2/c1-5-16(6-2,20-4)15-18-14(21-19-15)10-12(3)13-8-7-9-17-11-13/h12-13,17H,5-11H2,1-4H3. The van der Waals surface area contributed by atoms with Crippen molar-refractivity contribution in [3.05, 3.63) is 11.7 Å². The zero-order chi connectivity index (χ0) is 15.3. The van der Waals surface area contributed by atoms with Gasteiger partial charge in [-0.2, -0.15) is 4.98 Å². The average Bonchev–Trinajstić information content (AvgIpc) is 2.99. The molecule has 2 rings (SSSR count). The molecule has 1 aliphatic rings. The van der Waals surface area contributed by atoms with Crippen LogP contribution in [-0.4, -0.2) is 30.3 Å². The summed E-state index contributed by atoms with van der Waals surface area (Å²) in [6.45, 7) is 8.73. The van der Waals surface area contributed by atoms with Crippen molar-refractivity contribution in [1.29, 1.82) is 0 Å². The van der Waals surface area contributed by atoms with Gasteiger partial charge in [0.15, 0.2) is 0 Å². The normalized spacial score (nSPS) is 21.4. The van der Waals surface area contributed by atoms with Crippen LogP contribution in [-0.2, 0) is 16.8 Å². The molecule has 1 N–H and O–H groups in total. The molecule has 1 aliphatic heterocycles. The molecule has 120 valence electrons. The van der Waals surface area contributed by atoms with E-state index in [9.17, 15) is 0 Å². The number of nitrogens with zero attached hydrogens (tertiary/aromatic N) is 2. The van der Waals surface area contributed by atoms with Gasteiger partial charge >= 0.3 is 0 Å². The lowest BCUT2D eigenvalue weighted by Crippen LogP contribution is -2.34. The van der Waals surface area contributed by atoms with Crippen molar-refractivity contribution >= 4 is 0 Å². The summed E-state index contributed by atoms with van der Waals surface area (Å²) in [6, 6.07) is 0. The van der Waals surface area contributed by atoms with E-state index >= 15 is 0 Å². The highest BCUT2D eigenvalue weighted by Crippen LogP contribution is 2.31. The third kappa shape index (κ3) is 3.64. The quantitative estimate of drug-likeness (QED) is 0.838. The van der Waals surface area contributed by atoms with Gasteiger partial charge in [-0.05, 0) is 50.6 Å². The number of rotatable bonds is 7. The molecule has 5 nitrogen and oxygen atoms in total. The Labute approximate surface area is 127 Å². The van der Waals surface area contributed by atoms with Gasteiger partial charge in [0, 0.05) is 13.5 Å². The fourth-order valence-electron chi connectivity index (χ4n) is 3.28. The SMILES string of the molecule is CCC(CC)(OC)c1noc(CC(C)C2CCCNC2)n1. The van der Waals surface area contributed by atoms with Crippen LogP contribution in [0.1, 0.15) is 58.2 Å². The zero-order valence-corrected chi connectivity index (χ0v) is 13.8. The second-order valence-corrected chi connectivity index (χ2v) is 6.21. The minimum absolute atomic E-state index is 0.405. The number of hydrogen-bond acceptors (Lipinski definition) is 5. The van der Waals surface area contributed by atoms with Crippen molar-refractivity contribution in [2.75, 3.05) is 20.2 Å². The maximum absolute atomic E-state index is 5.66. The van der Waals surface area contributed by atoms with Gasteiger partial charge in [0.1, 0.15) is 5.60 Å². The van der Waals surface area contributed by atoms with Gasteiger partial charge in [0.05, 0.1) is 0 Å². The highest BCUT2D eigenvalue weighted by molar-refractivity contribution is 5.01. The van der Waals surface area contributed by atoms with Gasteiger partial charge in [-0.1, -0.05) is 25.9 Å². The lowest BCUT2D eigenvalue weighted by molar-refractivity contribution is -0.0306. The molecule has 2 atom stereocenters. The summed E-state index contributed by atoms with van der Waals surface area (Å²) < 4.78 is 11.1. The van der Waals surface area contributed by atoms with E-state index < -0.39 is 5.60 Å². The molecule has 0 aromatic carbocycles. The number of nitrogens with one attached hydrogen (secondary N) is 1. The van der Waals surface area contributed by atoms with Crippen molar-refractivity contribution in [1.82, 2.24) is 15.5 Å². The van der Waals surface area contributed by atoms with Crippen LogP contribution in [0.25, 0.3) is 0 Å². The molecule has 0 bridgehead atoms. The first-order valence-corrected chi connectivity index (χ1v) is 8.24. The van der Waals surface area contributed by atoms with Gasteiger partial charge in [0.25, 0.3) is 0 Å². The van der Waals surface area contributed by atoms with Crippen LogP contribution in [0.15, 0.2) is 4.52 Å². The van der Waals surface area contributed by atoms with Crippen LogP contribution in [0, 0.1) is 11.8 Å². The van der Waals surface area contributed by atoms with E-state index in [1.165, 1.54) is 12.8 Å². The minimum atomic E-state index is -0.405. The third-order valence-corrected chi connectivity index (χ3v) is 5.04. The minimum Gasteiger partial charge on any atom is -0.370 e. The zero-order valence-electron chi connectivity index (χ0n) is 13.8. The molecule has 5 heteroatoms. The van der Waals surface area contributed by atoms with Gasteiger partial charge in [-0.15, -0.1) is 0 Å². The van der Waals surface area contributed by atoms with Gasteiger partial charge < -0.3 is 14.6 Å². The van der Waals surface area contributed by atoms with Crippen LogP contribution in [0.4, 0.5) is 0 Å². The van der Waals surface area contributed by atoms with Crippen molar-refractivity contribution in [2.45, 2.75) is 58.5 Å². The molecule has 0 spiro atoms. The monoisotopic (exact) mass is 295 g/mol. The first-order chi connectivity index (χ1) is 10.1. The highest BCUT2D eigenvalue weighted by Gasteiger charge is 2.34. The Morgan fingerprint density at radius 3 is 2.76 bits per heavy atom. The summed E-state index contributed by atoms with van der Waals surface area (Å²) in [6.07, 6.45) is 5.11. The Balaban J connectivity index is 2.02. The van der Waals surface area contributed by atoms with Crippen molar-refractivity contribution in [2.24, 2.45) is 11.8 Å². The first-order valence-electron chi connectivity index (χ1n) is 8.24. The predicted molar refractivity (Wildman–Crippen MR) is 82.0 cm³/mol. The molecule has 1 aromatic heterocycles. The summed E-state index contributed by atoms with van der Waals surface area (Å²) in [7, 11) is 1.72. The number of hydrogen-bond donors (Lipinski definition) is 1. The van der Waals surface area contributed by atoms with Crippen LogP contribution >= 0.6 is 0 Å². The highest BCUT2D eigenvalue weighted by atomic mass is 16.5. The molecule has 21 heavy (non-hydrogen) atoms. The Morgan fingerprint density at radius 1 is 1.43 bits per heavy atom. The van der Waals surface area contributed by atoms with Gasteiger partial charge in [-0.3, -0.25) is 0 Å². The molecule has 0 amide bonds. The van der Waals surface area contributed by atoms with Crippen molar-refractivity contribution < 1.29 is 9.26 Å². The summed E-state index contributed by atoms with van der Waals surface area (Å²) in [5, 5.41) is 7.64. The van der Waals surface area contributed by atoms with Crippen molar-refractivity contribution in [3.8, 4) is 0 Å². The Morgan fingerprint density at radius 2 is 2.19 bits per heavy atom. The van der Waals surface area contributed by atoms with E-state index in [2.05, 4.69) is 36.2 Å². The lowest BCUT2D eigenvalue weighted by Gasteiger charge is -2.27. The van der Waals surface area contributed by atoms with E-state index in [1.807, 2.05) is 0 Å². The van der Waals surface area contributed by atoms with Crippen LogP contribution in [0.3, 0.4) is 0 Å². The van der Waals surface area contributed by atoms with Crippen LogP contribution < -0.4 is 5.32 Å². The molecule has 0 radical (unpaired) electrons. The Bertz CT molecular complexity index is 415. The summed E-state index contributed by atoms with van der Waals surface area (Å²) >= 11 is 0. The molecule has 0 saturated carbocycles. The topological polar surface area (TPSA) is 60.2 Å². The fourth-order valence-corrected chi connectivity index (χ4v) is 3.28. The summed E-state index contributed by atoms with van der Waals surface area (Å²) in [4.78, 5) is 4.61. The second kappa shape index (κ2) is 7.36. The van der Waals surface area contributed by atoms with E-state index in [0.29, 0.717) is 17.7 Å². The largest absolute Gasteiger partial charge is 0.370 e. The molecule has 2 unspecified atom stereocenters. The molecule has 1 aromatic rings. The van der Waals surface area contributed by atoms with E-state index in [-0.39, 0.29) is 0 Å². The molecular formula is C16H29N3O2. The summed E-state index contributed by atoms with van der Waals surface area (Å²) in [5.74, 6) is 2.70. The molecular weight excluding hydrogens is 266 g/mol. The van der Waals surface area contributed by atoms with Crippen LogP contribution in [0.5, 0.6) is 0 Å². The predicted octanol–water partition coefficient (Wildman–Crippen LogP) is 2.91. The molecule has 2 heterocycles. The van der Waals surface area contributed by atoms with Gasteiger partial charge in [-0.25, -0.2) is 0 Å². The average molecular weight is 295 g/mol. The van der Waals surface area contributed by atoms with Gasteiger partial charge in [0.2, 0.25) is 11.7 Å². The first kappa shape index (κ1) is 16.4. The second-order valence-electron chi connectivity index (χ2n) is 6.21. The Kier molecular flexibility index (Phi) is 5.76. The van der Waals surface area contributed by atoms with E-state index in [1.54, 1.807) is 7.11 Å².